The van der Waals surface area contributed by atoms with E-state index >= 15 is 0 Å². The Balaban J connectivity index is 1.36. The summed E-state index contributed by atoms with van der Waals surface area (Å²) < 4.78 is 12.8. The second-order valence-electron chi connectivity index (χ2n) is 7.13. The van der Waals surface area contributed by atoms with Crippen molar-refractivity contribution in [2.45, 2.75) is 25.7 Å². The fraction of sp³-hybridized carbons (Fsp3) is 0.316. The van der Waals surface area contributed by atoms with Gasteiger partial charge >= 0.3 is 0 Å². The molecule has 0 spiro atoms. The zero-order valence-corrected chi connectivity index (χ0v) is 16.2. The number of hydrogen-bond acceptors (Lipinski definition) is 9. The average molecular weight is 407 g/mol. The molecule has 154 valence electrons. The van der Waals surface area contributed by atoms with Gasteiger partial charge < -0.3 is 25.9 Å². The first kappa shape index (κ1) is 18.5. The number of ether oxygens (including phenoxy) is 2. The summed E-state index contributed by atoms with van der Waals surface area (Å²) >= 11 is 0. The molecule has 11 nitrogen and oxygen atoms in total. The summed E-state index contributed by atoms with van der Waals surface area (Å²) in [7, 11) is 0. The Morgan fingerprint density at radius 1 is 1.20 bits per heavy atom. The van der Waals surface area contributed by atoms with E-state index in [1.807, 2.05) is 18.2 Å². The van der Waals surface area contributed by atoms with Gasteiger partial charge in [0.05, 0.1) is 37.3 Å². The molecule has 0 bridgehead atoms. The maximum Gasteiger partial charge on any atom is 0.222 e. The van der Waals surface area contributed by atoms with Gasteiger partial charge in [0.1, 0.15) is 11.5 Å². The van der Waals surface area contributed by atoms with Crippen LogP contribution < -0.4 is 11.5 Å². The summed E-state index contributed by atoms with van der Waals surface area (Å²) in [4.78, 5) is 16.2. The number of nitrogen functional groups attached to an aromatic ring is 2. The number of aromatic amines is 1. The molecule has 5 N–H and O–H groups in total. The van der Waals surface area contributed by atoms with Gasteiger partial charge in [-0.1, -0.05) is 11.3 Å². The molecule has 4 aromatic heterocycles. The standard InChI is InChI=1S/C19H21N9O2/c20-15-4-3-14(23-15)16-17-18(25-19(21)24-16)28(27-26-17)8-12-2-1-11(7-22-12)9-30-13-5-6-29-10-13/h1-4,7,13,23H,5-6,8-10,20H2,(H2,21,24,25). The minimum Gasteiger partial charge on any atom is -0.385 e. The first-order valence-electron chi connectivity index (χ1n) is 9.60. The summed E-state index contributed by atoms with van der Waals surface area (Å²) in [5.41, 5.74) is 15.8. The van der Waals surface area contributed by atoms with Crippen molar-refractivity contribution < 1.29 is 9.47 Å². The first-order valence-corrected chi connectivity index (χ1v) is 9.60. The van der Waals surface area contributed by atoms with Gasteiger partial charge in [0, 0.05) is 12.8 Å². The van der Waals surface area contributed by atoms with Gasteiger partial charge in [-0.25, -0.2) is 9.67 Å². The molecule has 0 aliphatic carbocycles. The Morgan fingerprint density at radius 2 is 2.13 bits per heavy atom. The monoisotopic (exact) mass is 407 g/mol. The zero-order valence-electron chi connectivity index (χ0n) is 16.2. The Hall–Kier alpha value is -3.57. The summed E-state index contributed by atoms with van der Waals surface area (Å²) in [6, 6.07) is 7.50. The van der Waals surface area contributed by atoms with E-state index < -0.39 is 0 Å². The number of fused-ring (bicyclic) bond motifs is 1. The molecule has 1 atom stereocenters. The van der Waals surface area contributed by atoms with Gasteiger partial charge in [-0.05, 0) is 30.2 Å². The van der Waals surface area contributed by atoms with E-state index in [9.17, 15) is 0 Å². The molecule has 5 rings (SSSR count). The van der Waals surface area contributed by atoms with E-state index in [1.165, 1.54) is 0 Å². The van der Waals surface area contributed by atoms with Gasteiger partial charge in [0.25, 0.3) is 0 Å². The Labute approximate surface area is 171 Å². The van der Waals surface area contributed by atoms with Crippen molar-refractivity contribution in [3.8, 4) is 11.4 Å². The molecule has 0 aromatic carbocycles. The SMILES string of the molecule is Nc1nc(-c2ccc(N)[nH]2)c2nnn(Cc3ccc(COC4CCOC4)cn3)c2n1. The highest BCUT2D eigenvalue weighted by Gasteiger charge is 2.18. The Kier molecular flexibility index (Phi) is 4.73. The number of anilines is 2. The molecule has 0 radical (unpaired) electrons. The highest BCUT2D eigenvalue weighted by atomic mass is 16.5. The minimum atomic E-state index is 0.130. The highest BCUT2D eigenvalue weighted by Crippen LogP contribution is 2.25. The fourth-order valence-electron chi connectivity index (χ4n) is 3.36. The van der Waals surface area contributed by atoms with Gasteiger partial charge in [-0.3, -0.25) is 4.98 Å². The van der Waals surface area contributed by atoms with Crippen molar-refractivity contribution in [2.24, 2.45) is 0 Å². The number of aromatic nitrogens is 7. The Morgan fingerprint density at radius 3 is 2.87 bits per heavy atom. The fourth-order valence-corrected chi connectivity index (χ4v) is 3.36. The van der Waals surface area contributed by atoms with Crippen LogP contribution in [0.5, 0.6) is 0 Å². The molecule has 0 amide bonds. The lowest BCUT2D eigenvalue weighted by atomic mass is 10.2. The lowest BCUT2D eigenvalue weighted by Gasteiger charge is -2.10. The molecule has 0 saturated carbocycles. The maximum atomic E-state index is 5.92. The smallest absolute Gasteiger partial charge is 0.222 e. The van der Waals surface area contributed by atoms with Crippen LogP contribution >= 0.6 is 0 Å². The predicted molar refractivity (Wildman–Crippen MR) is 109 cm³/mol. The van der Waals surface area contributed by atoms with Crippen molar-refractivity contribution in [2.75, 3.05) is 24.7 Å². The minimum absolute atomic E-state index is 0.130. The van der Waals surface area contributed by atoms with Crippen LogP contribution in [0.3, 0.4) is 0 Å². The molecular weight excluding hydrogens is 386 g/mol. The van der Waals surface area contributed by atoms with E-state index in [4.69, 9.17) is 20.9 Å². The van der Waals surface area contributed by atoms with Gasteiger partial charge in [0.2, 0.25) is 5.95 Å². The average Bonchev–Trinajstić information content (AvgIpc) is 3.49. The Bertz CT molecular complexity index is 1160. The third-order valence-electron chi connectivity index (χ3n) is 4.92. The number of rotatable bonds is 6. The summed E-state index contributed by atoms with van der Waals surface area (Å²) in [5, 5.41) is 8.47. The van der Waals surface area contributed by atoms with Crippen molar-refractivity contribution in [3.63, 3.8) is 0 Å². The van der Waals surface area contributed by atoms with Crippen LogP contribution in [-0.4, -0.2) is 54.2 Å². The second-order valence-corrected chi connectivity index (χ2v) is 7.13. The summed E-state index contributed by atoms with van der Waals surface area (Å²) in [6.07, 6.45) is 2.91. The lowest BCUT2D eigenvalue weighted by Crippen LogP contribution is -2.12. The van der Waals surface area contributed by atoms with Gasteiger partial charge in [-0.2, -0.15) is 4.98 Å². The topological polar surface area (TPSA) is 156 Å². The molecular formula is C19H21N9O2. The lowest BCUT2D eigenvalue weighted by molar-refractivity contribution is 0.0316. The van der Waals surface area contributed by atoms with Crippen LogP contribution in [0.25, 0.3) is 22.6 Å². The summed E-state index contributed by atoms with van der Waals surface area (Å²) in [5.74, 6) is 0.655. The number of nitrogens with one attached hydrogen (secondary N) is 1. The van der Waals surface area contributed by atoms with Gasteiger partial charge in [0.15, 0.2) is 11.2 Å². The number of pyridine rings is 1. The molecule has 1 aliphatic heterocycles. The zero-order chi connectivity index (χ0) is 20.5. The second kappa shape index (κ2) is 7.69. The third-order valence-corrected chi connectivity index (χ3v) is 4.92. The van der Waals surface area contributed by atoms with Crippen molar-refractivity contribution in [1.82, 2.24) is 34.9 Å². The molecule has 1 aliphatic rings. The van der Waals surface area contributed by atoms with Crippen molar-refractivity contribution >= 4 is 22.9 Å². The third kappa shape index (κ3) is 3.67. The quantitative estimate of drug-likeness (QED) is 0.426. The largest absolute Gasteiger partial charge is 0.385 e. The van der Waals surface area contributed by atoms with Crippen LogP contribution in [0.15, 0.2) is 30.5 Å². The maximum absolute atomic E-state index is 5.92. The van der Waals surface area contributed by atoms with Crippen LogP contribution in [0.1, 0.15) is 17.7 Å². The van der Waals surface area contributed by atoms with E-state index in [0.717, 1.165) is 24.3 Å². The molecule has 1 unspecified atom stereocenters. The molecule has 5 heterocycles. The molecule has 30 heavy (non-hydrogen) atoms. The molecule has 11 heteroatoms. The molecule has 1 fully saturated rings. The van der Waals surface area contributed by atoms with E-state index in [-0.39, 0.29) is 12.1 Å². The normalized spacial score (nSPS) is 16.5. The highest BCUT2D eigenvalue weighted by molar-refractivity contribution is 5.87. The van der Waals surface area contributed by atoms with Crippen LogP contribution in [0, 0.1) is 0 Å². The molecule has 1 saturated heterocycles. The van der Waals surface area contributed by atoms with E-state index in [2.05, 4.69) is 30.2 Å². The van der Waals surface area contributed by atoms with Crippen LogP contribution in [0.2, 0.25) is 0 Å². The first-order chi connectivity index (χ1) is 14.7. The number of hydrogen-bond donors (Lipinski definition) is 3. The predicted octanol–water partition coefficient (Wildman–Crippen LogP) is 1.13. The van der Waals surface area contributed by atoms with Crippen LogP contribution in [-0.2, 0) is 22.6 Å². The molecule has 4 aromatic rings. The van der Waals surface area contributed by atoms with E-state index in [1.54, 1.807) is 16.9 Å². The van der Waals surface area contributed by atoms with Crippen molar-refractivity contribution in [1.29, 1.82) is 0 Å². The number of nitrogens with zero attached hydrogens (tertiary/aromatic N) is 6. The summed E-state index contributed by atoms with van der Waals surface area (Å²) in [6.45, 7) is 2.34. The van der Waals surface area contributed by atoms with Crippen molar-refractivity contribution in [3.05, 3.63) is 41.7 Å². The van der Waals surface area contributed by atoms with E-state index in [0.29, 0.717) is 48.1 Å². The van der Waals surface area contributed by atoms with Crippen LogP contribution in [0.4, 0.5) is 11.8 Å². The number of nitrogens with two attached hydrogens (primary N) is 2. The van der Waals surface area contributed by atoms with Gasteiger partial charge in [-0.15, -0.1) is 5.10 Å². The number of H-pyrrole nitrogens is 1.